The van der Waals surface area contributed by atoms with Crippen molar-refractivity contribution >= 4 is 23.2 Å². The van der Waals surface area contributed by atoms with Gasteiger partial charge in [0.2, 0.25) is 0 Å². The fraction of sp³-hybridized carbons (Fsp3) is 0.600. The first-order valence-electron chi connectivity index (χ1n) is 4.11. The Kier molecular flexibility index (Phi) is 6.60. The highest BCUT2D eigenvalue weighted by atomic mass is 35.5. The van der Waals surface area contributed by atoms with Gasteiger partial charge in [0.05, 0.1) is 0 Å². The molecule has 0 heterocycles. The molecule has 0 radical (unpaired) electrons. The first kappa shape index (κ1) is 12.1. The van der Waals surface area contributed by atoms with Gasteiger partial charge in [-0.15, -0.1) is 23.2 Å². The van der Waals surface area contributed by atoms with Crippen LogP contribution in [0.3, 0.4) is 0 Å². The van der Waals surface area contributed by atoms with E-state index in [4.69, 9.17) is 23.2 Å². The zero-order chi connectivity index (χ0) is 9.56. The van der Waals surface area contributed by atoms with Crippen molar-refractivity contribution in [3.05, 3.63) is 23.3 Å². The summed E-state index contributed by atoms with van der Waals surface area (Å²) in [5, 5.41) is 0. The first-order valence-corrected chi connectivity index (χ1v) is 4.98. The molecule has 0 aromatic rings. The number of hydrogen-bond acceptors (Lipinski definition) is 0. The maximum atomic E-state index is 5.59. The normalized spacial score (nSPS) is 12.0. The van der Waals surface area contributed by atoms with Crippen LogP contribution in [0.5, 0.6) is 0 Å². The molecule has 0 fully saturated rings. The van der Waals surface area contributed by atoms with Gasteiger partial charge < -0.3 is 0 Å². The van der Waals surface area contributed by atoms with E-state index in [1.807, 2.05) is 6.08 Å². The third-order valence-corrected chi connectivity index (χ3v) is 1.75. The van der Waals surface area contributed by atoms with Gasteiger partial charge in [-0.3, -0.25) is 0 Å². The fourth-order valence-electron chi connectivity index (χ4n) is 0.887. The van der Waals surface area contributed by atoms with Crippen LogP contribution in [-0.4, -0.2) is 4.84 Å². The Morgan fingerprint density at radius 3 is 2.25 bits per heavy atom. The summed E-state index contributed by atoms with van der Waals surface area (Å²) < 4.78 is 0. The van der Waals surface area contributed by atoms with E-state index >= 15 is 0 Å². The molecule has 0 saturated carbocycles. The second kappa shape index (κ2) is 6.56. The van der Waals surface area contributed by atoms with Crippen LogP contribution >= 0.6 is 23.2 Å². The van der Waals surface area contributed by atoms with Crippen molar-refractivity contribution in [3.63, 3.8) is 0 Å². The number of hydrogen-bond donors (Lipinski definition) is 0. The number of allylic oxidation sites excluding steroid dienone is 4. The highest BCUT2D eigenvalue weighted by Crippen LogP contribution is 2.12. The minimum Gasteiger partial charge on any atom is -0.101 e. The van der Waals surface area contributed by atoms with Gasteiger partial charge in [0.15, 0.2) is 0 Å². The monoisotopic (exact) mass is 206 g/mol. The summed E-state index contributed by atoms with van der Waals surface area (Å²) in [6.45, 7) is 6.26. The van der Waals surface area contributed by atoms with E-state index in [0.717, 1.165) is 12.8 Å². The molecule has 70 valence electrons. The lowest BCUT2D eigenvalue weighted by Gasteiger charge is -1.98. The molecule has 0 aromatic carbocycles. The van der Waals surface area contributed by atoms with Crippen molar-refractivity contribution in [1.29, 1.82) is 0 Å². The molecular formula is C10H16Cl2. The molecule has 0 spiro atoms. The van der Waals surface area contributed by atoms with E-state index in [1.165, 1.54) is 11.1 Å². The van der Waals surface area contributed by atoms with E-state index in [0.29, 0.717) is 0 Å². The van der Waals surface area contributed by atoms with Crippen LogP contribution in [0.1, 0.15) is 33.6 Å². The lowest BCUT2D eigenvalue weighted by Crippen LogP contribution is -1.83. The Hall–Kier alpha value is 0.0600. The molecular weight excluding hydrogens is 191 g/mol. The Balaban J connectivity index is 3.71. The molecule has 0 aliphatic rings. The van der Waals surface area contributed by atoms with E-state index in [1.54, 1.807) is 0 Å². The molecule has 0 N–H and O–H groups in total. The summed E-state index contributed by atoms with van der Waals surface area (Å²) in [5.74, 6) is 0. The van der Waals surface area contributed by atoms with Gasteiger partial charge in [-0.1, -0.05) is 23.3 Å². The smallest absolute Gasteiger partial charge is 0.101 e. The first-order chi connectivity index (χ1) is 5.52. The van der Waals surface area contributed by atoms with Crippen LogP contribution in [0.2, 0.25) is 0 Å². The lowest BCUT2D eigenvalue weighted by molar-refractivity contribution is 0.962. The fourth-order valence-corrected chi connectivity index (χ4v) is 1.32. The number of rotatable bonds is 4. The second-order valence-electron chi connectivity index (χ2n) is 3.17. The molecule has 0 amide bonds. The summed E-state index contributed by atoms with van der Waals surface area (Å²) >= 11 is 11.2. The van der Waals surface area contributed by atoms with Crippen LogP contribution in [0.4, 0.5) is 0 Å². The van der Waals surface area contributed by atoms with E-state index in [-0.39, 0.29) is 4.84 Å². The Morgan fingerprint density at radius 1 is 1.25 bits per heavy atom. The largest absolute Gasteiger partial charge is 0.126 e. The average molecular weight is 207 g/mol. The molecule has 0 unspecified atom stereocenters. The summed E-state index contributed by atoms with van der Waals surface area (Å²) in [5.41, 5.74) is 2.61. The van der Waals surface area contributed by atoms with Gasteiger partial charge in [-0.2, -0.15) is 0 Å². The maximum absolute atomic E-state index is 5.59. The quantitative estimate of drug-likeness (QED) is 0.470. The Morgan fingerprint density at radius 2 is 1.83 bits per heavy atom. The van der Waals surface area contributed by atoms with Gasteiger partial charge in [0, 0.05) is 0 Å². The molecule has 0 aromatic heterocycles. The van der Waals surface area contributed by atoms with Gasteiger partial charge >= 0.3 is 0 Å². The van der Waals surface area contributed by atoms with Crippen molar-refractivity contribution in [2.45, 2.75) is 38.4 Å². The third kappa shape index (κ3) is 8.16. The Labute approximate surface area is 85.3 Å². The summed E-state index contributed by atoms with van der Waals surface area (Å²) in [7, 11) is 0. The van der Waals surface area contributed by atoms with Crippen molar-refractivity contribution in [3.8, 4) is 0 Å². The summed E-state index contributed by atoms with van der Waals surface area (Å²) in [6, 6.07) is 0. The molecule has 0 bridgehead atoms. The highest BCUT2D eigenvalue weighted by molar-refractivity contribution is 6.45. The summed E-state index contributed by atoms with van der Waals surface area (Å²) in [4.78, 5) is -0.364. The van der Waals surface area contributed by atoms with Crippen molar-refractivity contribution in [1.82, 2.24) is 0 Å². The molecule has 0 atom stereocenters. The van der Waals surface area contributed by atoms with Crippen molar-refractivity contribution in [2.24, 2.45) is 0 Å². The second-order valence-corrected chi connectivity index (χ2v) is 4.33. The van der Waals surface area contributed by atoms with E-state index in [2.05, 4.69) is 26.8 Å². The molecule has 12 heavy (non-hydrogen) atoms. The van der Waals surface area contributed by atoms with Crippen molar-refractivity contribution in [2.75, 3.05) is 0 Å². The number of halogens is 2. The topological polar surface area (TPSA) is 0 Å². The lowest BCUT2D eigenvalue weighted by atomic mass is 10.1. The molecule has 0 aliphatic carbocycles. The minimum atomic E-state index is -0.364. The Bertz CT molecular complexity index is 174. The van der Waals surface area contributed by atoms with Gasteiger partial charge in [-0.05, 0) is 33.6 Å². The maximum Gasteiger partial charge on any atom is 0.126 e. The van der Waals surface area contributed by atoms with Crippen LogP contribution in [0, 0.1) is 0 Å². The minimum absolute atomic E-state index is 0.364. The molecule has 0 rings (SSSR count). The molecule has 0 nitrogen and oxygen atoms in total. The highest BCUT2D eigenvalue weighted by Gasteiger charge is 1.94. The SMILES string of the molecule is CC(C)=CCC/C(C)=C/C(Cl)Cl. The van der Waals surface area contributed by atoms with Gasteiger partial charge in [0.25, 0.3) is 0 Å². The van der Waals surface area contributed by atoms with Crippen LogP contribution in [-0.2, 0) is 0 Å². The number of alkyl halides is 2. The third-order valence-electron chi connectivity index (χ3n) is 1.50. The van der Waals surface area contributed by atoms with Crippen LogP contribution < -0.4 is 0 Å². The molecule has 0 aliphatic heterocycles. The predicted molar refractivity (Wildman–Crippen MR) is 57.9 cm³/mol. The van der Waals surface area contributed by atoms with Gasteiger partial charge in [0.1, 0.15) is 4.84 Å². The predicted octanol–water partition coefficient (Wildman–Crippen LogP) is 4.48. The average Bonchev–Trinajstić information content (AvgIpc) is 1.84. The zero-order valence-corrected chi connectivity index (χ0v) is 9.41. The molecule has 0 saturated heterocycles. The van der Waals surface area contributed by atoms with Gasteiger partial charge in [-0.25, -0.2) is 0 Å². The van der Waals surface area contributed by atoms with E-state index < -0.39 is 0 Å². The zero-order valence-electron chi connectivity index (χ0n) is 7.90. The van der Waals surface area contributed by atoms with Crippen LogP contribution in [0.25, 0.3) is 0 Å². The van der Waals surface area contributed by atoms with Crippen molar-refractivity contribution < 1.29 is 0 Å². The standard InChI is InChI=1S/C10H16Cl2/c1-8(2)5-4-6-9(3)7-10(11)12/h5,7,10H,4,6H2,1-3H3/b9-7+. The molecule has 2 heteroatoms. The van der Waals surface area contributed by atoms with E-state index in [9.17, 15) is 0 Å². The summed E-state index contributed by atoms with van der Waals surface area (Å²) in [6.07, 6.45) is 6.21. The van der Waals surface area contributed by atoms with Crippen LogP contribution in [0.15, 0.2) is 23.3 Å².